The molecule has 17 heavy (non-hydrogen) atoms. The molecule has 1 aromatic carbocycles. The van der Waals surface area contributed by atoms with Crippen LogP contribution in [0.5, 0.6) is 0 Å². The normalized spacial score (nSPS) is 10.4. The van der Waals surface area contributed by atoms with Gasteiger partial charge in [0.1, 0.15) is 5.82 Å². The van der Waals surface area contributed by atoms with Gasteiger partial charge in [-0.2, -0.15) is 0 Å². The SMILES string of the molecule is Cc1ncc(-c2cccc(CCC(=O)O)c2)[nH]1. The first-order chi connectivity index (χ1) is 8.15. The summed E-state index contributed by atoms with van der Waals surface area (Å²) in [6, 6.07) is 7.85. The predicted molar refractivity (Wildman–Crippen MR) is 64.7 cm³/mol. The number of nitrogens with zero attached hydrogens (tertiary/aromatic N) is 1. The van der Waals surface area contributed by atoms with Crippen LogP contribution in [0.3, 0.4) is 0 Å². The van der Waals surface area contributed by atoms with Crippen LogP contribution in [0.25, 0.3) is 11.3 Å². The predicted octanol–water partition coefficient (Wildman–Crippen LogP) is 2.40. The van der Waals surface area contributed by atoms with E-state index in [0.29, 0.717) is 6.42 Å². The molecular formula is C13H14N2O2. The Morgan fingerprint density at radius 2 is 2.29 bits per heavy atom. The molecule has 0 amide bonds. The number of hydrogen-bond acceptors (Lipinski definition) is 2. The van der Waals surface area contributed by atoms with E-state index in [1.807, 2.05) is 31.2 Å². The molecule has 0 aliphatic heterocycles. The van der Waals surface area contributed by atoms with Gasteiger partial charge in [0, 0.05) is 6.42 Å². The molecule has 88 valence electrons. The second-order valence-corrected chi connectivity index (χ2v) is 3.98. The summed E-state index contributed by atoms with van der Waals surface area (Å²) in [6.07, 6.45) is 2.49. The molecule has 0 aliphatic carbocycles. The summed E-state index contributed by atoms with van der Waals surface area (Å²) in [5, 5.41) is 8.65. The Balaban J connectivity index is 2.19. The van der Waals surface area contributed by atoms with E-state index in [4.69, 9.17) is 5.11 Å². The van der Waals surface area contributed by atoms with Crippen LogP contribution in [0, 0.1) is 6.92 Å². The van der Waals surface area contributed by atoms with Crippen LogP contribution in [0.2, 0.25) is 0 Å². The summed E-state index contributed by atoms with van der Waals surface area (Å²) in [5.74, 6) is 0.101. The van der Waals surface area contributed by atoms with Gasteiger partial charge in [0.2, 0.25) is 0 Å². The summed E-state index contributed by atoms with van der Waals surface area (Å²) < 4.78 is 0. The molecule has 0 saturated heterocycles. The number of aliphatic carboxylic acids is 1. The van der Waals surface area contributed by atoms with E-state index < -0.39 is 5.97 Å². The highest BCUT2D eigenvalue weighted by atomic mass is 16.4. The number of aromatic nitrogens is 2. The molecule has 0 spiro atoms. The molecule has 0 radical (unpaired) electrons. The molecule has 0 saturated carbocycles. The Labute approximate surface area is 99.3 Å². The number of nitrogens with one attached hydrogen (secondary N) is 1. The van der Waals surface area contributed by atoms with Crippen LogP contribution in [0.1, 0.15) is 17.8 Å². The van der Waals surface area contributed by atoms with Crippen molar-refractivity contribution in [3.05, 3.63) is 41.9 Å². The second-order valence-electron chi connectivity index (χ2n) is 3.98. The number of hydrogen-bond donors (Lipinski definition) is 2. The lowest BCUT2D eigenvalue weighted by Gasteiger charge is -2.02. The van der Waals surface area contributed by atoms with Gasteiger partial charge in [-0.25, -0.2) is 4.98 Å². The lowest BCUT2D eigenvalue weighted by molar-refractivity contribution is -0.136. The first-order valence-electron chi connectivity index (χ1n) is 5.48. The molecule has 0 unspecified atom stereocenters. The largest absolute Gasteiger partial charge is 0.481 e. The summed E-state index contributed by atoms with van der Waals surface area (Å²) in [4.78, 5) is 17.8. The third kappa shape index (κ3) is 2.93. The summed E-state index contributed by atoms with van der Waals surface area (Å²) >= 11 is 0. The molecule has 2 N–H and O–H groups in total. The maximum atomic E-state index is 10.5. The lowest BCUT2D eigenvalue weighted by Crippen LogP contribution is -1.97. The molecule has 4 heteroatoms. The number of rotatable bonds is 4. The van der Waals surface area contributed by atoms with Crippen LogP contribution in [0.4, 0.5) is 0 Å². The fourth-order valence-electron chi connectivity index (χ4n) is 1.71. The number of carbonyl (C=O) groups is 1. The number of aromatic amines is 1. The maximum absolute atomic E-state index is 10.5. The first kappa shape index (κ1) is 11.4. The lowest BCUT2D eigenvalue weighted by atomic mass is 10.1. The number of aryl methyl sites for hydroxylation is 2. The van der Waals surface area contributed by atoms with Crippen molar-refractivity contribution in [1.29, 1.82) is 0 Å². The van der Waals surface area contributed by atoms with Gasteiger partial charge in [0.25, 0.3) is 0 Å². The molecule has 0 bridgehead atoms. The summed E-state index contributed by atoms with van der Waals surface area (Å²) in [5.41, 5.74) is 3.02. The van der Waals surface area contributed by atoms with Gasteiger partial charge in [-0.15, -0.1) is 0 Å². The number of carboxylic acid groups (broad SMARTS) is 1. The monoisotopic (exact) mass is 230 g/mol. The van der Waals surface area contributed by atoms with Crippen LogP contribution < -0.4 is 0 Å². The fraction of sp³-hybridized carbons (Fsp3) is 0.231. The molecule has 2 rings (SSSR count). The van der Waals surface area contributed by atoms with Crippen molar-refractivity contribution in [2.75, 3.05) is 0 Å². The van der Waals surface area contributed by atoms with Crippen molar-refractivity contribution in [2.45, 2.75) is 19.8 Å². The highest BCUT2D eigenvalue weighted by Crippen LogP contribution is 2.19. The quantitative estimate of drug-likeness (QED) is 0.847. The van der Waals surface area contributed by atoms with E-state index in [2.05, 4.69) is 9.97 Å². The van der Waals surface area contributed by atoms with Crippen molar-refractivity contribution in [2.24, 2.45) is 0 Å². The Hall–Kier alpha value is -2.10. The van der Waals surface area contributed by atoms with Crippen molar-refractivity contribution in [3.8, 4) is 11.3 Å². The average molecular weight is 230 g/mol. The number of imidazole rings is 1. The summed E-state index contributed by atoms with van der Waals surface area (Å²) in [6.45, 7) is 1.90. The van der Waals surface area contributed by atoms with E-state index >= 15 is 0 Å². The molecule has 0 aliphatic rings. The first-order valence-corrected chi connectivity index (χ1v) is 5.48. The minimum absolute atomic E-state index is 0.158. The van der Waals surface area contributed by atoms with E-state index in [1.165, 1.54) is 0 Å². The Morgan fingerprint density at radius 3 is 2.94 bits per heavy atom. The van der Waals surface area contributed by atoms with Crippen LogP contribution >= 0.6 is 0 Å². The van der Waals surface area contributed by atoms with Gasteiger partial charge in [-0.3, -0.25) is 4.79 Å². The zero-order valence-electron chi connectivity index (χ0n) is 9.60. The van der Waals surface area contributed by atoms with E-state index in [1.54, 1.807) is 6.20 Å². The third-order valence-corrected chi connectivity index (χ3v) is 2.57. The molecule has 4 nitrogen and oxygen atoms in total. The number of H-pyrrole nitrogens is 1. The minimum atomic E-state index is -0.771. The van der Waals surface area contributed by atoms with Gasteiger partial charge in [-0.05, 0) is 30.5 Å². The average Bonchev–Trinajstić information content (AvgIpc) is 2.74. The Kier molecular flexibility index (Phi) is 3.23. The highest BCUT2D eigenvalue weighted by Gasteiger charge is 2.03. The molecule has 0 atom stereocenters. The third-order valence-electron chi connectivity index (χ3n) is 2.57. The van der Waals surface area contributed by atoms with Crippen LogP contribution in [-0.4, -0.2) is 21.0 Å². The molecule has 2 aromatic rings. The molecule has 1 heterocycles. The van der Waals surface area contributed by atoms with Crippen molar-refractivity contribution in [1.82, 2.24) is 9.97 Å². The Bertz CT molecular complexity index is 532. The molecule has 1 aromatic heterocycles. The zero-order chi connectivity index (χ0) is 12.3. The van der Waals surface area contributed by atoms with Gasteiger partial charge < -0.3 is 10.1 Å². The van der Waals surface area contributed by atoms with E-state index in [9.17, 15) is 4.79 Å². The van der Waals surface area contributed by atoms with E-state index in [-0.39, 0.29) is 6.42 Å². The maximum Gasteiger partial charge on any atom is 0.303 e. The molecular weight excluding hydrogens is 216 g/mol. The van der Waals surface area contributed by atoms with Crippen LogP contribution in [0.15, 0.2) is 30.5 Å². The molecule has 0 fully saturated rings. The number of benzene rings is 1. The fourth-order valence-corrected chi connectivity index (χ4v) is 1.71. The number of carboxylic acids is 1. The van der Waals surface area contributed by atoms with Crippen molar-refractivity contribution >= 4 is 5.97 Å². The summed E-state index contributed by atoms with van der Waals surface area (Å²) in [7, 11) is 0. The standard InChI is InChI=1S/C13H14N2O2/c1-9-14-8-12(15-9)11-4-2-3-10(7-11)5-6-13(16)17/h2-4,7-8H,5-6H2,1H3,(H,14,15)(H,16,17). The van der Waals surface area contributed by atoms with Crippen molar-refractivity contribution < 1.29 is 9.90 Å². The van der Waals surface area contributed by atoms with Crippen LogP contribution in [-0.2, 0) is 11.2 Å². The van der Waals surface area contributed by atoms with E-state index in [0.717, 1.165) is 22.6 Å². The second kappa shape index (κ2) is 4.82. The topological polar surface area (TPSA) is 66.0 Å². The minimum Gasteiger partial charge on any atom is -0.481 e. The van der Waals surface area contributed by atoms with Gasteiger partial charge in [0.15, 0.2) is 0 Å². The van der Waals surface area contributed by atoms with Gasteiger partial charge in [-0.1, -0.05) is 18.2 Å². The zero-order valence-corrected chi connectivity index (χ0v) is 9.60. The Morgan fingerprint density at radius 1 is 1.47 bits per heavy atom. The van der Waals surface area contributed by atoms with Gasteiger partial charge in [0.05, 0.1) is 11.9 Å². The highest BCUT2D eigenvalue weighted by molar-refractivity contribution is 5.67. The van der Waals surface area contributed by atoms with Crippen molar-refractivity contribution in [3.63, 3.8) is 0 Å². The smallest absolute Gasteiger partial charge is 0.303 e. The van der Waals surface area contributed by atoms with Gasteiger partial charge >= 0.3 is 5.97 Å².